The second kappa shape index (κ2) is 13.8. The van der Waals surface area contributed by atoms with Gasteiger partial charge < -0.3 is 28.7 Å². The molecule has 10 heteroatoms. The molecular weight excluding hydrogens is 446 g/mol. The van der Waals surface area contributed by atoms with Crippen molar-refractivity contribution in [1.82, 2.24) is 5.32 Å². The first-order chi connectivity index (χ1) is 15.2. The van der Waals surface area contributed by atoms with Crippen molar-refractivity contribution in [2.24, 2.45) is 0 Å². The molecule has 8 nitrogen and oxygen atoms in total. The summed E-state index contributed by atoms with van der Waals surface area (Å²) in [6.45, 7) is 14.5. The summed E-state index contributed by atoms with van der Waals surface area (Å²) in [7, 11) is -4.20. The van der Waals surface area contributed by atoms with E-state index in [2.05, 4.69) is 46.9 Å². The maximum Gasteiger partial charge on any atom is 0.293 e. The molecule has 1 saturated heterocycles. The van der Waals surface area contributed by atoms with Crippen LogP contribution in [0.5, 0.6) is 0 Å². The number of nitrogens with one attached hydrogen (secondary N) is 1. The number of carbonyl (C=O) groups excluding carboxylic acids is 2. The Labute approximate surface area is 196 Å². The van der Waals surface area contributed by atoms with Gasteiger partial charge in [0.15, 0.2) is 16.6 Å². The highest BCUT2D eigenvalue weighted by atomic mass is 28.4. The van der Waals surface area contributed by atoms with E-state index in [-0.39, 0.29) is 19.1 Å². The summed E-state index contributed by atoms with van der Waals surface area (Å²) in [6, 6.07) is 5.11. The molecule has 32 heavy (non-hydrogen) atoms. The molecule has 0 aromatic carbocycles. The summed E-state index contributed by atoms with van der Waals surface area (Å²) in [5.41, 5.74) is 0. The van der Waals surface area contributed by atoms with Crippen molar-refractivity contribution >= 4 is 29.0 Å². The average Bonchev–Trinajstić information content (AvgIpc) is 2.81. The highest BCUT2D eigenvalue weighted by Crippen LogP contribution is 2.35. The van der Waals surface area contributed by atoms with Crippen molar-refractivity contribution in [3.8, 4) is 0 Å². The monoisotopic (exact) mass is 491 g/mol. The van der Waals surface area contributed by atoms with Gasteiger partial charge in [0, 0.05) is 6.92 Å². The van der Waals surface area contributed by atoms with Crippen molar-refractivity contribution in [3.63, 3.8) is 0 Å². The molecule has 1 unspecified atom stereocenters. The van der Waals surface area contributed by atoms with Gasteiger partial charge in [0.1, 0.15) is 24.9 Å². The smallest absolute Gasteiger partial charge is 0.293 e. The Morgan fingerprint density at radius 3 is 1.75 bits per heavy atom. The molecule has 1 amide bonds. The molecule has 5 atom stereocenters. The predicted octanol–water partition coefficient (Wildman–Crippen LogP) is 3.20. The number of amides is 1. The van der Waals surface area contributed by atoms with E-state index in [1.807, 2.05) is 0 Å². The van der Waals surface area contributed by atoms with E-state index in [0.717, 1.165) is 36.3 Å². The lowest BCUT2D eigenvalue weighted by atomic mass is 9.93. The van der Waals surface area contributed by atoms with Crippen LogP contribution in [0.2, 0.25) is 36.3 Å². The van der Waals surface area contributed by atoms with Gasteiger partial charge in [-0.2, -0.15) is 0 Å². The maximum absolute atomic E-state index is 12.2. The second-order valence-electron chi connectivity index (χ2n) is 8.70. The van der Waals surface area contributed by atoms with Crippen LogP contribution in [-0.2, 0) is 27.9 Å². The Kier molecular flexibility index (Phi) is 12.6. The number of carbonyl (C=O) groups is 2. The van der Waals surface area contributed by atoms with Crippen LogP contribution >= 0.6 is 0 Å². The second-order valence-corrected chi connectivity index (χ2v) is 18.1. The largest absolute Gasteiger partial charge is 0.465 e. The molecular formula is C22H45NO7Si2. The normalized spacial score (nSPS) is 26.6. The van der Waals surface area contributed by atoms with Crippen molar-refractivity contribution < 1.29 is 33.0 Å². The lowest BCUT2D eigenvalue weighted by Crippen LogP contribution is -2.69. The Hall–Kier alpha value is -0.786. The molecule has 0 bridgehead atoms. The maximum atomic E-state index is 12.2. The Bertz CT molecular complexity index is 556. The minimum Gasteiger partial charge on any atom is -0.465 e. The third-order valence-corrected chi connectivity index (χ3v) is 16.6. The number of aliphatic hydroxyl groups excluding tert-OH is 1. The zero-order valence-corrected chi connectivity index (χ0v) is 23.0. The van der Waals surface area contributed by atoms with Gasteiger partial charge in [-0.05, 0) is 36.3 Å². The molecule has 0 aliphatic carbocycles. The molecule has 1 rings (SSSR count). The molecule has 1 heterocycles. The van der Waals surface area contributed by atoms with Gasteiger partial charge in [-0.3, -0.25) is 9.59 Å². The van der Waals surface area contributed by atoms with Gasteiger partial charge in [-0.15, -0.1) is 0 Å². The molecule has 188 valence electrons. The molecule has 0 aromatic rings. The summed E-state index contributed by atoms with van der Waals surface area (Å²) < 4.78 is 25.0. The first-order valence-electron chi connectivity index (χ1n) is 12.2. The first kappa shape index (κ1) is 29.2. The van der Waals surface area contributed by atoms with E-state index in [0.29, 0.717) is 6.47 Å². The number of rotatable bonds is 15. The van der Waals surface area contributed by atoms with E-state index < -0.39 is 47.1 Å². The van der Waals surface area contributed by atoms with E-state index in [9.17, 15) is 14.7 Å². The van der Waals surface area contributed by atoms with Gasteiger partial charge in [0.2, 0.25) is 5.91 Å². The first-order valence-corrected chi connectivity index (χ1v) is 17.2. The Morgan fingerprint density at radius 2 is 1.38 bits per heavy atom. The minimum absolute atomic E-state index is 0.0334. The zero-order valence-electron chi connectivity index (χ0n) is 21.0. The van der Waals surface area contributed by atoms with Gasteiger partial charge in [0.25, 0.3) is 6.47 Å². The number of hydrogen-bond donors (Lipinski definition) is 2. The summed E-state index contributed by atoms with van der Waals surface area (Å²) in [4.78, 5) is 23.0. The van der Waals surface area contributed by atoms with Crippen molar-refractivity contribution in [2.75, 3.05) is 13.2 Å². The number of hydrogen-bond acceptors (Lipinski definition) is 7. The fourth-order valence-electron chi connectivity index (χ4n) is 4.71. The van der Waals surface area contributed by atoms with E-state index >= 15 is 0 Å². The summed E-state index contributed by atoms with van der Waals surface area (Å²) in [5.74, 6) is -0.216. The topological polar surface area (TPSA) is 103 Å². The molecule has 1 aliphatic rings. The van der Waals surface area contributed by atoms with Crippen LogP contribution in [0.1, 0.15) is 48.5 Å². The standard InChI is InChI=1S/C22H45NO7Si2/c1-8-31(9-2,10-3)29-21-18(14-24)28-19(15-27-16-25)20(23-17(7)26)22(21)30-32(11-4,12-5)13-6/h16,18-22,24H,8-15H2,1-7H3,(H,23,26)/t18-,19+,20?,21+,22-/m1/s1. The van der Waals surface area contributed by atoms with Crippen LogP contribution in [-0.4, -0.2) is 77.8 Å². The fourth-order valence-corrected chi connectivity index (χ4v) is 10.4. The summed E-state index contributed by atoms with van der Waals surface area (Å²) in [5, 5.41) is 13.2. The highest BCUT2D eigenvalue weighted by molar-refractivity contribution is 6.74. The van der Waals surface area contributed by atoms with Crippen molar-refractivity contribution in [3.05, 3.63) is 0 Å². The summed E-state index contributed by atoms with van der Waals surface area (Å²) >= 11 is 0. The van der Waals surface area contributed by atoms with E-state index in [1.165, 1.54) is 6.92 Å². The van der Waals surface area contributed by atoms with Gasteiger partial charge in [-0.1, -0.05) is 41.5 Å². The molecule has 2 N–H and O–H groups in total. The van der Waals surface area contributed by atoms with Crippen LogP contribution in [0.3, 0.4) is 0 Å². The molecule has 1 fully saturated rings. The predicted molar refractivity (Wildman–Crippen MR) is 130 cm³/mol. The highest BCUT2D eigenvalue weighted by Gasteiger charge is 2.52. The van der Waals surface area contributed by atoms with Gasteiger partial charge in [-0.25, -0.2) is 0 Å². The third kappa shape index (κ3) is 7.10. The van der Waals surface area contributed by atoms with Crippen LogP contribution in [0.15, 0.2) is 0 Å². The lowest BCUT2D eigenvalue weighted by Gasteiger charge is -2.51. The number of aliphatic hydroxyl groups is 1. The summed E-state index contributed by atoms with van der Waals surface area (Å²) in [6.07, 6.45) is -2.26. The van der Waals surface area contributed by atoms with Gasteiger partial charge >= 0.3 is 0 Å². The molecule has 0 aromatic heterocycles. The Balaban J connectivity index is 3.53. The molecule has 0 radical (unpaired) electrons. The van der Waals surface area contributed by atoms with E-state index in [1.54, 1.807) is 0 Å². The van der Waals surface area contributed by atoms with E-state index in [4.69, 9.17) is 18.3 Å². The fraction of sp³-hybridized carbons (Fsp3) is 0.909. The number of ether oxygens (including phenoxy) is 2. The minimum atomic E-state index is -2.11. The van der Waals surface area contributed by atoms with Crippen LogP contribution in [0.25, 0.3) is 0 Å². The van der Waals surface area contributed by atoms with Crippen LogP contribution in [0, 0.1) is 0 Å². The third-order valence-electron chi connectivity index (χ3n) is 7.31. The lowest BCUT2D eigenvalue weighted by molar-refractivity contribution is -0.197. The molecule has 1 aliphatic heterocycles. The Morgan fingerprint density at radius 1 is 0.906 bits per heavy atom. The van der Waals surface area contributed by atoms with Crippen molar-refractivity contribution in [1.29, 1.82) is 0 Å². The van der Waals surface area contributed by atoms with Crippen molar-refractivity contribution in [2.45, 2.75) is 115 Å². The average molecular weight is 492 g/mol. The molecule has 0 spiro atoms. The van der Waals surface area contributed by atoms with Crippen LogP contribution in [0.4, 0.5) is 0 Å². The van der Waals surface area contributed by atoms with Gasteiger partial charge in [0.05, 0.1) is 18.8 Å². The molecule has 0 saturated carbocycles. The quantitative estimate of drug-likeness (QED) is 0.268. The van der Waals surface area contributed by atoms with Crippen LogP contribution < -0.4 is 5.32 Å². The SMILES string of the molecule is CC[Si](CC)(CC)O[C@@H]1[C@H](O[Si](CC)(CC)CC)C(NC(C)=O)[C@H](COC=O)O[C@@H]1CO. The zero-order chi connectivity index (χ0) is 24.4.